The third-order valence-electron chi connectivity index (χ3n) is 2.00. The highest BCUT2D eigenvalue weighted by atomic mass is 79.9. The van der Waals surface area contributed by atoms with Gasteiger partial charge >= 0.3 is 0 Å². The molecule has 2 aromatic heterocycles. The van der Waals surface area contributed by atoms with Gasteiger partial charge in [0.15, 0.2) is 0 Å². The fourth-order valence-corrected chi connectivity index (χ4v) is 2.57. The highest BCUT2D eigenvalue weighted by Crippen LogP contribution is 2.27. The van der Waals surface area contributed by atoms with Gasteiger partial charge in [0.05, 0.1) is 11.5 Å². The number of aromatic nitrogens is 2. The maximum atomic E-state index is 10.9. The van der Waals surface area contributed by atoms with E-state index in [9.17, 15) is 4.79 Å². The van der Waals surface area contributed by atoms with Crippen LogP contribution in [0, 0.1) is 0 Å². The lowest BCUT2D eigenvalue weighted by atomic mass is 10.4. The monoisotopic (exact) mass is 326 g/mol. The molecule has 0 bridgehead atoms. The molecule has 7 heteroatoms. The van der Waals surface area contributed by atoms with Crippen LogP contribution in [-0.4, -0.2) is 22.3 Å². The first-order valence-corrected chi connectivity index (χ1v) is 6.87. The van der Waals surface area contributed by atoms with Gasteiger partial charge < -0.3 is 10.6 Å². The van der Waals surface area contributed by atoms with Crippen molar-refractivity contribution in [1.82, 2.24) is 9.97 Å². The topological polar surface area (TPSA) is 66.9 Å². The number of rotatable bonds is 5. The number of nitrogens with one attached hydrogen (secondary N) is 2. The third kappa shape index (κ3) is 3.78. The molecule has 0 radical (unpaired) electrons. The van der Waals surface area contributed by atoms with Crippen LogP contribution < -0.4 is 10.6 Å². The van der Waals surface area contributed by atoms with Gasteiger partial charge in [0.2, 0.25) is 0 Å². The van der Waals surface area contributed by atoms with E-state index in [1.807, 2.05) is 11.4 Å². The summed E-state index contributed by atoms with van der Waals surface area (Å²) in [7, 11) is 0. The zero-order chi connectivity index (χ0) is 13.0. The van der Waals surface area contributed by atoms with Crippen molar-refractivity contribution >= 4 is 49.7 Å². The van der Waals surface area contributed by atoms with Crippen molar-refractivity contribution in [2.75, 3.05) is 17.2 Å². The first kappa shape index (κ1) is 13.0. The van der Waals surface area contributed by atoms with E-state index in [0.717, 1.165) is 9.47 Å². The molecule has 2 N–H and O–H groups in total. The van der Waals surface area contributed by atoms with Gasteiger partial charge in [-0.3, -0.25) is 4.79 Å². The quantitative estimate of drug-likeness (QED) is 0.883. The first-order chi connectivity index (χ1) is 8.63. The molecule has 0 aliphatic rings. The van der Waals surface area contributed by atoms with Crippen LogP contribution in [0.15, 0.2) is 28.3 Å². The number of carbonyl (C=O) groups is 1. The normalized spacial score (nSPS) is 10.1. The van der Waals surface area contributed by atoms with E-state index in [-0.39, 0.29) is 12.3 Å². The van der Waals surface area contributed by atoms with Gasteiger partial charge in [0.25, 0.3) is 0 Å². The highest BCUT2D eigenvalue weighted by Gasteiger charge is 2.02. The summed E-state index contributed by atoms with van der Waals surface area (Å²) in [5, 5.41) is 9.06. The third-order valence-corrected chi connectivity index (χ3v) is 3.61. The molecule has 18 heavy (non-hydrogen) atoms. The Kier molecular flexibility index (Phi) is 4.27. The zero-order valence-electron chi connectivity index (χ0n) is 9.61. The molecule has 0 fully saturated rings. The molecule has 2 rings (SSSR count). The Morgan fingerprint density at radius 2 is 2.17 bits per heavy atom. The number of Topliss-reactive ketones (excluding diaryl/α,β-unsaturated/α-hetero) is 1. The largest absolute Gasteiger partial charge is 0.363 e. The standard InChI is InChI=1S/C11H11BrN4OS/c1-7(17)4-13-9-3-10(15-6-14-9)16-11-2-8(12)5-18-11/h2-3,5-6H,4H2,1H3,(H2,13,14,15,16). The van der Waals surface area contributed by atoms with Crippen molar-refractivity contribution < 1.29 is 4.79 Å². The fraction of sp³-hybridized carbons (Fsp3) is 0.182. The van der Waals surface area contributed by atoms with Crippen LogP contribution in [-0.2, 0) is 4.79 Å². The summed E-state index contributed by atoms with van der Waals surface area (Å²) in [6.45, 7) is 1.79. The number of carbonyl (C=O) groups excluding carboxylic acids is 1. The molecule has 2 aromatic rings. The molecule has 0 saturated carbocycles. The summed E-state index contributed by atoms with van der Waals surface area (Å²) in [5.41, 5.74) is 0. The number of ketones is 1. The van der Waals surface area contributed by atoms with Gasteiger partial charge in [0.1, 0.15) is 23.7 Å². The molecule has 0 saturated heterocycles. The zero-order valence-corrected chi connectivity index (χ0v) is 12.0. The lowest BCUT2D eigenvalue weighted by molar-refractivity contribution is -0.115. The Labute approximate surface area is 117 Å². The Morgan fingerprint density at radius 1 is 1.39 bits per heavy atom. The van der Waals surface area contributed by atoms with Crippen LogP contribution >= 0.6 is 27.3 Å². The first-order valence-electron chi connectivity index (χ1n) is 5.20. The van der Waals surface area contributed by atoms with Crippen LogP contribution in [0.5, 0.6) is 0 Å². The van der Waals surface area contributed by atoms with E-state index in [4.69, 9.17) is 0 Å². The summed E-state index contributed by atoms with van der Waals surface area (Å²) in [6.07, 6.45) is 1.45. The molecular weight excluding hydrogens is 316 g/mol. The van der Waals surface area contributed by atoms with Gasteiger partial charge in [-0.25, -0.2) is 9.97 Å². The van der Waals surface area contributed by atoms with Crippen molar-refractivity contribution in [3.63, 3.8) is 0 Å². The average molecular weight is 327 g/mol. The molecule has 0 unspecified atom stereocenters. The van der Waals surface area contributed by atoms with Crippen molar-refractivity contribution in [3.05, 3.63) is 28.3 Å². The molecule has 0 aliphatic carbocycles. The van der Waals surface area contributed by atoms with Crippen LogP contribution in [0.2, 0.25) is 0 Å². The number of thiophene rings is 1. The highest BCUT2D eigenvalue weighted by molar-refractivity contribution is 9.10. The Bertz CT molecular complexity index is 557. The second-order valence-electron chi connectivity index (χ2n) is 3.60. The van der Waals surface area contributed by atoms with E-state index in [1.54, 1.807) is 17.4 Å². The SMILES string of the molecule is CC(=O)CNc1cc(Nc2cc(Br)cs2)ncn1. The fourth-order valence-electron chi connectivity index (χ4n) is 1.24. The number of halogens is 1. The van der Waals surface area contributed by atoms with Gasteiger partial charge in [-0.2, -0.15) is 0 Å². The molecule has 0 amide bonds. The maximum Gasteiger partial charge on any atom is 0.148 e. The number of hydrogen-bond acceptors (Lipinski definition) is 6. The smallest absolute Gasteiger partial charge is 0.148 e. The Morgan fingerprint density at radius 3 is 2.83 bits per heavy atom. The van der Waals surface area contributed by atoms with Crippen molar-refractivity contribution in [2.45, 2.75) is 6.92 Å². The Hall–Kier alpha value is -1.47. The van der Waals surface area contributed by atoms with E-state index in [1.165, 1.54) is 13.3 Å². The van der Waals surface area contributed by atoms with E-state index >= 15 is 0 Å². The van der Waals surface area contributed by atoms with Crippen LogP contribution in [0.1, 0.15) is 6.92 Å². The van der Waals surface area contributed by atoms with Crippen molar-refractivity contribution in [3.8, 4) is 0 Å². The molecule has 0 aromatic carbocycles. The second kappa shape index (κ2) is 5.92. The van der Waals surface area contributed by atoms with Crippen LogP contribution in [0.4, 0.5) is 16.6 Å². The number of nitrogens with zero attached hydrogens (tertiary/aromatic N) is 2. The summed E-state index contributed by atoms with van der Waals surface area (Å²) < 4.78 is 1.03. The van der Waals surface area contributed by atoms with E-state index in [0.29, 0.717) is 11.6 Å². The second-order valence-corrected chi connectivity index (χ2v) is 5.43. The molecule has 5 nitrogen and oxygen atoms in total. The van der Waals surface area contributed by atoms with Gasteiger partial charge in [-0.05, 0) is 28.9 Å². The summed E-state index contributed by atoms with van der Waals surface area (Å²) in [6, 6.07) is 3.73. The molecule has 94 valence electrons. The Balaban J connectivity index is 2.05. The molecule has 0 aliphatic heterocycles. The van der Waals surface area contributed by atoms with Crippen molar-refractivity contribution in [1.29, 1.82) is 0 Å². The maximum absolute atomic E-state index is 10.9. The predicted molar refractivity (Wildman–Crippen MR) is 76.5 cm³/mol. The lowest BCUT2D eigenvalue weighted by Crippen LogP contribution is -2.11. The minimum absolute atomic E-state index is 0.0605. The van der Waals surface area contributed by atoms with E-state index in [2.05, 4.69) is 36.5 Å². The summed E-state index contributed by atoms with van der Waals surface area (Å²) in [4.78, 5) is 19.0. The van der Waals surface area contributed by atoms with Crippen LogP contribution in [0.25, 0.3) is 0 Å². The molecular formula is C11H11BrN4OS. The molecule has 0 spiro atoms. The van der Waals surface area contributed by atoms with Gasteiger partial charge in [-0.15, -0.1) is 11.3 Å². The number of anilines is 3. The molecule has 0 atom stereocenters. The summed E-state index contributed by atoms with van der Waals surface area (Å²) in [5.74, 6) is 1.37. The predicted octanol–water partition coefficient (Wildman–Crippen LogP) is 3.05. The lowest BCUT2D eigenvalue weighted by Gasteiger charge is -2.05. The van der Waals surface area contributed by atoms with Gasteiger partial charge in [0, 0.05) is 15.9 Å². The van der Waals surface area contributed by atoms with Crippen LogP contribution in [0.3, 0.4) is 0 Å². The van der Waals surface area contributed by atoms with Gasteiger partial charge in [-0.1, -0.05) is 0 Å². The minimum Gasteiger partial charge on any atom is -0.363 e. The summed E-state index contributed by atoms with van der Waals surface area (Å²) >= 11 is 4.96. The van der Waals surface area contributed by atoms with Crippen molar-refractivity contribution in [2.24, 2.45) is 0 Å². The van der Waals surface area contributed by atoms with E-state index < -0.39 is 0 Å². The molecule has 2 heterocycles. The minimum atomic E-state index is 0.0605. The average Bonchev–Trinajstić information content (AvgIpc) is 2.73. The number of hydrogen-bond donors (Lipinski definition) is 2.